The molecule has 1 amide bonds. The van der Waals surface area contributed by atoms with Crippen LogP contribution in [0.15, 0.2) is 29.1 Å². The summed E-state index contributed by atoms with van der Waals surface area (Å²) in [6.45, 7) is 4.48. The van der Waals surface area contributed by atoms with Crippen LogP contribution in [0, 0.1) is 6.92 Å². The zero-order valence-corrected chi connectivity index (χ0v) is 19.0. The number of amides is 1. The van der Waals surface area contributed by atoms with Crippen molar-refractivity contribution in [3.05, 3.63) is 56.7 Å². The van der Waals surface area contributed by atoms with Crippen LogP contribution in [-0.2, 0) is 6.18 Å². The van der Waals surface area contributed by atoms with Gasteiger partial charge in [0.1, 0.15) is 5.82 Å². The van der Waals surface area contributed by atoms with Crippen LogP contribution in [0.1, 0.15) is 46.3 Å². The number of thiazole rings is 1. The van der Waals surface area contributed by atoms with Gasteiger partial charge in [-0.2, -0.15) is 13.2 Å². The van der Waals surface area contributed by atoms with E-state index in [1.807, 2.05) is 0 Å². The summed E-state index contributed by atoms with van der Waals surface area (Å²) in [6, 6.07) is 5.51. The topological polar surface area (TPSA) is 104 Å². The number of hydrogen-bond donors (Lipinski definition) is 2. The highest BCUT2D eigenvalue weighted by atomic mass is 32.1. The third-order valence-corrected chi connectivity index (χ3v) is 6.68. The number of likely N-dealkylation sites (tertiary alicyclic amines) is 1. The number of benzene rings is 1. The molecule has 0 bridgehead atoms. The highest BCUT2D eigenvalue weighted by Gasteiger charge is 2.37. The first kappa shape index (κ1) is 22.3. The molecule has 1 aliphatic rings. The van der Waals surface area contributed by atoms with Crippen molar-refractivity contribution in [3.63, 3.8) is 0 Å². The van der Waals surface area contributed by atoms with Crippen LogP contribution < -0.4 is 10.9 Å². The van der Waals surface area contributed by atoms with Crippen LogP contribution in [0.25, 0.3) is 21.3 Å². The van der Waals surface area contributed by atoms with E-state index < -0.39 is 23.5 Å². The molecule has 8 nitrogen and oxygen atoms in total. The Morgan fingerprint density at radius 1 is 1.21 bits per heavy atom. The van der Waals surface area contributed by atoms with Gasteiger partial charge in [0.15, 0.2) is 16.3 Å². The van der Waals surface area contributed by atoms with Gasteiger partial charge in [0.05, 0.1) is 21.6 Å². The number of pyridine rings is 1. The van der Waals surface area contributed by atoms with Crippen molar-refractivity contribution >= 4 is 44.2 Å². The Morgan fingerprint density at radius 2 is 1.97 bits per heavy atom. The molecule has 0 saturated carbocycles. The van der Waals surface area contributed by atoms with Crippen molar-refractivity contribution in [2.45, 2.75) is 32.5 Å². The summed E-state index contributed by atoms with van der Waals surface area (Å²) in [6.07, 6.45) is -3.75. The maximum Gasteiger partial charge on any atom is 0.433 e. The molecule has 1 atom stereocenters. The van der Waals surface area contributed by atoms with E-state index in [1.54, 1.807) is 30.0 Å². The third-order valence-electron chi connectivity index (χ3n) is 5.68. The van der Waals surface area contributed by atoms with Crippen molar-refractivity contribution in [2.75, 3.05) is 18.4 Å². The molecule has 176 valence electrons. The Balaban J connectivity index is 1.49. The molecule has 0 radical (unpaired) electrons. The summed E-state index contributed by atoms with van der Waals surface area (Å²) in [7, 11) is 0. The molecule has 12 heteroatoms. The van der Waals surface area contributed by atoms with E-state index in [2.05, 4.69) is 25.3 Å². The van der Waals surface area contributed by atoms with Crippen molar-refractivity contribution in [2.24, 2.45) is 0 Å². The van der Waals surface area contributed by atoms with Gasteiger partial charge in [0.2, 0.25) is 0 Å². The van der Waals surface area contributed by atoms with Crippen molar-refractivity contribution in [1.29, 1.82) is 0 Å². The van der Waals surface area contributed by atoms with Gasteiger partial charge in [-0.3, -0.25) is 9.59 Å². The van der Waals surface area contributed by atoms with Gasteiger partial charge in [-0.05, 0) is 44.5 Å². The fourth-order valence-corrected chi connectivity index (χ4v) is 4.81. The minimum atomic E-state index is -4.73. The fourth-order valence-electron chi connectivity index (χ4n) is 3.84. The Kier molecular flexibility index (Phi) is 5.27. The Morgan fingerprint density at radius 3 is 2.65 bits per heavy atom. The second kappa shape index (κ2) is 8.05. The summed E-state index contributed by atoms with van der Waals surface area (Å²) in [5, 5.41) is 3.42. The molecule has 5 rings (SSSR count). The van der Waals surface area contributed by atoms with E-state index >= 15 is 0 Å². The number of aromatic nitrogens is 4. The van der Waals surface area contributed by atoms with Crippen LogP contribution in [0.2, 0.25) is 0 Å². The van der Waals surface area contributed by atoms with Crippen molar-refractivity contribution in [3.8, 4) is 0 Å². The van der Waals surface area contributed by atoms with Gasteiger partial charge in [-0.1, -0.05) is 0 Å². The Hall–Kier alpha value is -3.54. The minimum Gasteiger partial charge on any atom is -0.378 e. The van der Waals surface area contributed by atoms with Crippen molar-refractivity contribution in [1.82, 2.24) is 24.8 Å². The van der Waals surface area contributed by atoms with E-state index in [4.69, 9.17) is 0 Å². The second-order valence-electron chi connectivity index (χ2n) is 8.16. The van der Waals surface area contributed by atoms with Crippen LogP contribution in [-0.4, -0.2) is 43.8 Å². The number of halogens is 3. The lowest BCUT2D eigenvalue weighted by Crippen LogP contribution is -2.41. The number of carbonyl (C=O) groups excluding carboxylic acids is 1. The van der Waals surface area contributed by atoms with Crippen LogP contribution in [0.4, 0.5) is 18.9 Å². The standard InChI is InChI=1S/C22H19F3N6O2S/c1-10(13-9-14-18(27-11(2)28-19(14)32)30-17(13)22(23,24)25)26-12-4-5-15-16(8-12)34-20(29-15)21(33)31-6-3-7-31/h4-5,8-10,26H,3,6-7H2,1-2H3,(H,27,28,30,32)/t10-/m0/s1. The summed E-state index contributed by atoms with van der Waals surface area (Å²) in [4.78, 5) is 41.0. The molecule has 3 aromatic heterocycles. The zero-order valence-electron chi connectivity index (χ0n) is 18.2. The second-order valence-corrected chi connectivity index (χ2v) is 9.19. The maximum atomic E-state index is 13.8. The van der Waals surface area contributed by atoms with Crippen LogP contribution in [0.3, 0.4) is 0 Å². The predicted octanol–water partition coefficient (Wildman–Crippen LogP) is 4.27. The number of H-pyrrole nitrogens is 1. The van der Waals surface area contributed by atoms with Gasteiger partial charge in [0.25, 0.3) is 11.5 Å². The number of carbonyl (C=O) groups is 1. The average molecular weight is 488 g/mol. The Labute approximate surface area is 194 Å². The molecule has 4 aromatic rings. The van der Waals surface area contributed by atoms with Gasteiger partial charge in [-0.15, -0.1) is 11.3 Å². The lowest BCUT2D eigenvalue weighted by Gasteiger charge is -2.29. The number of anilines is 1. The monoisotopic (exact) mass is 488 g/mol. The molecule has 1 aliphatic heterocycles. The number of rotatable bonds is 4. The summed E-state index contributed by atoms with van der Waals surface area (Å²) in [5.41, 5.74) is -0.884. The number of fused-ring (bicyclic) bond motifs is 2. The van der Waals surface area contributed by atoms with E-state index in [1.165, 1.54) is 24.3 Å². The Bertz CT molecular complexity index is 1490. The molecule has 2 N–H and O–H groups in total. The first-order valence-corrected chi connectivity index (χ1v) is 11.4. The van der Waals surface area contributed by atoms with Crippen molar-refractivity contribution < 1.29 is 18.0 Å². The van der Waals surface area contributed by atoms with Gasteiger partial charge < -0.3 is 15.2 Å². The fraction of sp³-hybridized carbons (Fsp3) is 0.318. The smallest absolute Gasteiger partial charge is 0.378 e. The van der Waals surface area contributed by atoms with E-state index in [-0.39, 0.29) is 28.3 Å². The molecule has 1 saturated heterocycles. The number of hydrogen-bond acceptors (Lipinski definition) is 7. The average Bonchev–Trinajstić information content (AvgIpc) is 3.14. The summed E-state index contributed by atoms with van der Waals surface area (Å²) < 4.78 is 42.2. The number of alkyl halides is 3. The third kappa shape index (κ3) is 3.98. The quantitative estimate of drug-likeness (QED) is 0.445. The zero-order chi connectivity index (χ0) is 24.2. The van der Waals surface area contributed by atoms with Gasteiger partial charge >= 0.3 is 6.18 Å². The molecule has 1 fully saturated rings. The molecule has 0 unspecified atom stereocenters. The molecular formula is C22H19F3N6O2S. The van der Waals surface area contributed by atoms with Crippen LogP contribution >= 0.6 is 11.3 Å². The number of aromatic amines is 1. The lowest BCUT2D eigenvalue weighted by atomic mass is 10.0. The number of aryl methyl sites for hydroxylation is 1. The predicted molar refractivity (Wildman–Crippen MR) is 122 cm³/mol. The summed E-state index contributed by atoms with van der Waals surface area (Å²) >= 11 is 1.24. The highest BCUT2D eigenvalue weighted by Crippen LogP contribution is 2.36. The van der Waals surface area contributed by atoms with E-state index in [0.29, 0.717) is 16.2 Å². The number of nitrogens with one attached hydrogen (secondary N) is 2. The van der Waals surface area contributed by atoms with Crippen LogP contribution in [0.5, 0.6) is 0 Å². The van der Waals surface area contributed by atoms with Gasteiger partial charge in [-0.25, -0.2) is 15.0 Å². The lowest BCUT2D eigenvalue weighted by molar-refractivity contribution is -0.141. The van der Waals surface area contributed by atoms with E-state index in [0.717, 1.165) is 24.2 Å². The normalized spacial score (nSPS) is 14.9. The molecule has 4 heterocycles. The molecule has 1 aromatic carbocycles. The highest BCUT2D eigenvalue weighted by molar-refractivity contribution is 7.20. The SMILES string of the molecule is Cc1nc2nc(C(F)(F)F)c([C@H](C)Nc3ccc4nc(C(=O)N5CCC5)sc4c3)cc2c(=O)[nH]1. The first-order chi connectivity index (χ1) is 16.1. The first-order valence-electron chi connectivity index (χ1n) is 10.6. The maximum absolute atomic E-state index is 13.8. The summed E-state index contributed by atoms with van der Waals surface area (Å²) in [5.74, 6) is 0.0725. The minimum absolute atomic E-state index is 0.0192. The molecule has 34 heavy (non-hydrogen) atoms. The molecule has 0 aliphatic carbocycles. The largest absolute Gasteiger partial charge is 0.433 e. The molecule has 0 spiro atoms. The molecular weight excluding hydrogens is 469 g/mol. The van der Waals surface area contributed by atoms with E-state index in [9.17, 15) is 22.8 Å². The van der Waals surface area contributed by atoms with Gasteiger partial charge in [0, 0.05) is 24.3 Å². The number of nitrogens with zero attached hydrogens (tertiary/aromatic N) is 4.